The molecule has 0 aliphatic heterocycles. The van der Waals surface area contributed by atoms with Crippen LogP contribution in [0.2, 0.25) is 0 Å². The maximum absolute atomic E-state index is 8.63. The fraction of sp³-hybridized carbons (Fsp3) is 0. The number of phenols is 1. The van der Waals surface area contributed by atoms with Crippen molar-refractivity contribution in [2.45, 2.75) is 0 Å². The van der Waals surface area contributed by atoms with Gasteiger partial charge in [-0.05, 0) is 12.1 Å². The molecule has 18 heavy (non-hydrogen) atoms. The van der Waals surface area contributed by atoms with Gasteiger partial charge in [-0.15, -0.1) is 0 Å². The Hall–Kier alpha value is -1.40. The predicted octanol–water partition coefficient (Wildman–Crippen LogP) is 4.20. The largest absolute Gasteiger partial charge is 2.00 e. The van der Waals surface area contributed by atoms with E-state index >= 15 is 0 Å². The second kappa shape index (κ2) is 12.1. The normalized spacial score (nSPS) is 7.78. The molecule has 0 unspecified atom stereocenters. The number of hydrogen-bond acceptors (Lipinski definition) is 1. The average molecular weight is 316 g/mol. The fourth-order valence-electron chi connectivity index (χ4n) is 1.07. The van der Waals surface area contributed by atoms with Crippen molar-refractivity contribution in [1.29, 1.82) is 0 Å². The molecule has 1 N–H and O–H groups in total. The topological polar surface area (TPSA) is 20.2 Å². The molecule has 0 saturated heterocycles. The zero-order valence-corrected chi connectivity index (χ0v) is 12.6. The molecule has 0 heterocycles. The van der Waals surface area contributed by atoms with E-state index in [0.717, 1.165) is 0 Å². The van der Waals surface area contributed by atoms with E-state index in [9.17, 15) is 0 Å². The molecule has 0 aliphatic rings. The number of hydrogen-bond donors (Lipinski definition) is 1. The first-order chi connectivity index (χ1) is 8.39. The molecule has 3 aromatic carbocycles. The SMILES string of the molecule is Oc1ccccc1.[Zr+2].c1cc[cH-]c1.c1cc[cH-]c1. The summed E-state index contributed by atoms with van der Waals surface area (Å²) in [5.74, 6) is 0.322. The Morgan fingerprint density at radius 2 is 1.00 bits per heavy atom. The molecule has 0 amide bonds. The number of rotatable bonds is 0. The molecule has 3 aromatic rings. The summed E-state index contributed by atoms with van der Waals surface area (Å²) in [6.07, 6.45) is 0. The number of para-hydroxylation sites is 1. The van der Waals surface area contributed by atoms with Crippen LogP contribution in [0.3, 0.4) is 0 Å². The maximum atomic E-state index is 8.63. The van der Waals surface area contributed by atoms with E-state index in [1.54, 1.807) is 24.3 Å². The van der Waals surface area contributed by atoms with Crippen molar-refractivity contribution in [3.8, 4) is 5.75 Å². The van der Waals surface area contributed by atoms with Crippen LogP contribution in [-0.2, 0) is 26.2 Å². The smallest absolute Gasteiger partial charge is 0.508 e. The molecular formula is C16H16OZr. The van der Waals surface area contributed by atoms with Crippen molar-refractivity contribution >= 4 is 0 Å². The molecule has 3 rings (SSSR count). The van der Waals surface area contributed by atoms with E-state index in [2.05, 4.69) is 0 Å². The standard InChI is InChI=1S/C6H6O.2C5H5.Zr/c7-6-4-2-1-3-5-6;2*1-2-4-5-3-1;/h1-5,7H;2*1-5H;/q;2*-1;+2. The zero-order chi connectivity index (χ0) is 12.2. The second-order valence-corrected chi connectivity index (χ2v) is 3.26. The molecule has 0 aliphatic carbocycles. The Kier molecular flexibility index (Phi) is 11.1. The van der Waals surface area contributed by atoms with Crippen molar-refractivity contribution in [1.82, 2.24) is 0 Å². The predicted molar refractivity (Wildman–Crippen MR) is 72.2 cm³/mol. The van der Waals surface area contributed by atoms with Gasteiger partial charge in [-0.25, -0.2) is 24.3 Å². The Labute approximate surface area is 128 Å². The Balaban J connectivity index is 0.000000239. The van der Waals surface area contributed by atoms with Gasteiger partial charge in [0.15, 0.2) is 0 Å². The van der Waals surface area contributed by atoms with Gasteiger partial charge < -0.3 is 5.11 Å². The van der Waals surface area contributed by atoms with Crippen LogP contribution in [0, 0.1) is 0 Å². The molecule has 1 nitrogen and oxygen atoms in total. The quantitative estimate of drug-likeness (QED) is 0.616. The van der Waals surface area contributed by atoms with Crippen LogP contribution in [0.5, 0.6) is 5.75 Å². The first-order valence-electron chi connectivity index (χ1n) is 5.47. The molecule has 0 radical (unpaired) electrons. The fourth-order valence-corrected chi connectivity index (χ4v) is 1.07. The summed E-state index contributed by atoms with van der Waals surface area (Å²) in [6, 6.07) is 28.7. The van der Waals surface area contributed by atoms with Crippen LogP contribution in [-0.4, -0.2) is 5.11 Å². The molecule has 0 spiro atoms. The van der Waals surface area contributed by atoms with Crippen LogP contribution < -0.4 is 0 Å². The van der Waals surface area contributed by atoms with Crippen molar-refractivity contribution in [2.75, 3.05) is 0 Å². The summed E-state index contributed by atoms with van der Waals surface area (Å²) in [5, 5.41) is 8.63. The minimum Gasteiger partial charge on any atom is -0.508 e. The van der Waals surface area contributed by atoms with Gasteiger partial charge in [-0.2, -0.15) is 36.4 Å². The van der Waals surface area contributed by atoms with Gasteiger partial charge >= 0.3 is 26.2 Å². The monoisotopic (exact) mass is 314 g/mol. The molecule has 0 atom stereocenters. The van der Waals surface area contributed by atoms with Gasteiger partial charge in [-0.3, -0.25) is 0 Å². The summed E-state index contributed by atoms with van der Waals surface area (Å²) in [5.41, 5.74) is 0. The summed E-state index contributed by atoms with van der Waals surface area (Å²) in [7, 11) is 0. The number of benzene rings is 1. The Bertz CT molecular complexity index is 368. The minimum absolute atomic E-state index is 0. The van der Waals surface area contributed by atoms with Gasteiger partial charge in [0.1, 0.15) is 5.75 Å². The van der Waals surface area contributed by atoms with Crippen molar-refractivity contribution in [3.05, 3.63) is 91.0 Å². The Morgan fingerprint density at radius 3 is 1.17 bits per heavy atom. The maximum Gasteiger partial charge on any atom is 2.00 e. The molecule has 0 bridgehead atoms. The minimum atomic E-state index is 0. The van der Waals surface area contributed by atoms with Crippen LogP contribution in [0.25, 0.3) is 0 Å². The molecule has 90 valence electrons. The number of aromatic hydroxyl groups is 1. The van der Waals surface area contributed by atoms with Gasteiger partial charge in [0.05, 0.1) is 0 Å². The van der Waals surface area contributed by atoms with Crippen LogP contribution in [0.15, 0.2) is 91.0 Å². The van der Waals surface area contributed by atoms with Gasteiger partial charge in [0, 0.05) is 0 Å². The first kappa shape index (κ1) is 16.6. The summed E-state index contributed by atoms with van der Waals surface area (Å²) in [6.45, 7) is 0. The van der Waals surface area contributed by atoms with E-state index in [1.165, 1.54) is 0 Å². The first-order valence-corrected chi connectivity index (χ1v) is 5.47. The Morgan fingerprint density at radius 1 is 0.611 bits per heavy atom. The molecular weight excluding hydrogens is 299 g/mol. The van der Waals surface area contributed by atoms with E-state index < -0.39 is 0 Å². The molecule has 0 fully saturated rings. The van der Waals surface area contributed by atoms with Gasteiger partial charge in [-0.1, -0.05) is 18.2 Å². The van der Waals surface area contributed by atoms with E-state index in [0.29, 0.717) is 5.75 Å². The average Bonchev–Trinajstić information content (AvgIpc) is 3.09. The third-order valence-electron chi connectivity index (χ3n) is 1.87. The second-order valence-electron chi connectivity index (χ2n) is 3.26. The van der Waals surface area contributed by atoms with Crippen LogP contribution >= 0.6 is 0 Å². The van der Waals surface area contributed by atoms with Crippen molar-refractivity contribution in [3.63, 3.8) is 0 Å². The van der Waals surface area contributed by atoms with E-state index in [1.807, 2.05) is 66.7 Å². The zero-order valence-electron chi connectivity index (χ0n) is 10.1. The third kappa shape index (κ3) is 9.80. The van der Waals surface area contributed by atoms with Crippen LogP contribution in [0.4, 0.5) is 0 Å². The molecule has 2 heteroatoms. The third-order valence-corrected chi connectivity index (χ3v) is 1.87. The van der Waals surface area contributed by atoms with E-state index in [-0.39, 0.29) is 26.2 Å². The summed E-state index contributed by atoms with van der Waals surface area (Å²) in [4.78, 5) is 0. The van der Waals surface area contributed by atoms with E-state index in [4.69, 9.17) is 5.11 Å². The summed E-state index contributed by atoms with van der Waals surface area (Å²) >= 11 is 0. The number of phenolic OH excluding ortho intramolecular Hbond substituents is 1. The van der Waals surface area contributed by atoms with Gasteiger partial charge in [0.2, 0.25) is 0 Å². The summed E-state index contributed by atoms with van der Waals surface area (Å²) < 4.78 is 0. The van der Waals surface area contributed by atoms with Crippen LogP contribution in [0.1, 0.15) is 0 Å². The molecule has 0 aromatic heterocycles. The van der Waals surface area contributed by atoms with Crippen molar-refractivity contribution in [2.24, 2.45) is 0 Å². The van der Waals surface area contributed by atoms with Crippen molar-refractivity contribution < 1.29 is 31.3 Å². The molecule has 0 saturated carbocycles. The van der Waals surface area contributed by atoms with Gasteiger partial charge in [0.25, 0.3) is 0 Å².